The first-order valence-corrected chi connectivity index (χ1v) is 10.4. The SMILES string of the molecule is CC(C)c1ccc(S(=O)(=O)NC2CCN(c3ccc(C(F)(F)F)cn3)C2)cc1. The Morgan fingerprint density at radius 1 is 1.14 bits per heavy atom. The highest BCUT2D eigenvalue weighted by molar-refractivity contribution is 7.89. The lowest BCUT2D eigenvalue weighted by molar-refractivity contribution is -0.137. The lowest BCUT2D eigenvalue weighted by atomic mass is 10.0. The Labute approximate surface area is 162 Å². The second-order valence-corrected chi connectivity index (χ2v) is 8.89. The van der Waals surface area contributed by atoms with Crippen molar-refractivity contribution in [1.82, 2.24) is 9.71 Å². The van der Waals surface area contributed by atoms with Crippen LogP contribution in [0.5, 0.6) is 0 Å². The molecule has 9 heteroatoms. The summed E-state index contributed by atoms with van der Waals surface area (Å²) in [6.07, 6.45) is -3.09. The van der Waals surface area contributed by atoms with Crippen LogP contribution in [0.3, 0.4) is 0 Å². The summed E-state index contributed by atoms with van der Waals surface area (Å²) in [5, 5.41) is 0. The lowest BCUT2D eigenvalue weighted by Crippen LogP contribution is -2.37. The first kappa shape index (κ1) is 20.6. The Morgan fingerprint density at radius 3 is 2.36 bits per heavy atom. The molecule has 1 fully saturated rings. The van der Waals surface area contributed by atoms with E-state index in [1.165, 1.54) is 6.07 Å². The number of aromatic nitrogens is 1. The van der Waals surface area contributed by atoms with Crippen molar-refractivity contribution >= 4 is 15.8 Å². The van der Waals surface area contributed by atoms with Crippen molar-refractivity contribution in [2.75, 3.05) is 18.0 Å². The van der Waals surface area contributed by atoms with Crippen LogP contribution in [-0.2, 0) is 16.2 Å². The zero-order chi connectivity index (χ0) is 20.5. The normalized spacial score (nSPS) is 18.1. The summed E-state index contributed by atoms with van der Waals surface area (Å²) in [7, 11) is -3.66. The highest BCUT2D eigenvalue weighted by atomic mass is 32.2. The topological polar surface area (TPSA) is 62.3 Å². The second-order valence-electron chi connectivity index (χ2n) is 7.18. The summed E-state index contributed by atoms with van der Waals surface area (Å²) in [6.45, 7) is 4.92. The maximum atomic E-state index is 12.6. The van der Waals surface area contributed by atoms with Crippen LogP contribution in [-0.4, -0.2) is 32.5 Å². The molecule has 0 amide bonds. The predicted molar refractivity (Wildman–Crippen MR) is 101 cm³/mol. The molecule has 0 aliphatic carbocycles. The van der Waals surface area contributed by atoms with E-state index in [1.807, 2.05) is 13.8 Å². The van der Waals surface area contributed by atoms with E-state index >= 15 is 0 Å². The fraction of sp³-hybridized carbons (Fsp3) is 0.421. The standard InChI is InChI=1S/C19H22F3N3O2S/c1-13(2)14-3-6-17(7-4-14)28(26,27)24-16-9-10-25(12-16)18-8-5-15(11-23-18)19(20,21)22/h3-8,11,13,16,24H,9-10,12H2,1-2H3. The van der Waals surface area contributed by atoms with Crippen molar-refractivity contribution in [3.63, 3.8) is 0 Å². The lowest BCUT2D eigenvalue weighted by Gasteiger charge is -2.18. The van der Waals surface area contributed by atoms with Crippen molar-refractivity contribution in [1.29, 1.82) is 0 Å². The minimum atomic E-state index is -4.43. The number of benzene rings is 1. The molecule has 0 bridgehead atoms. The van der Waals surface area contributed by atoms with E-state index in [4.69, 9.17) is 0 Å². The number of rotatable bonds is 5. The smallest absolute Gasteiger partial charge is 0.355 e. The maximum absolute atomic E-state index is 12.6. The largest absolute Gasteiger partial charge is 0.417 e. The minimum absolute atomic E-state index is 0.197. The van der Waals surface area contributed by atoms with Crippen LogP contribution in [0.4, 0.5) is 19.0 Å². The summed E-state index contributed by atoms with van der Waals surface area (Å²) in [6, 6.07) is 8.72. The number of pyridine rings is 1. The van der Waals surface area contributed by atoms with Crippen LogP contribution in [0, 0.1) is 0 Å². The van der Waals surface area contributed by atoms with Gasteiger partial charge in [-0.25, -0.2) is 18.1 Å². The summed E-state index contributed by atoms with van der Waals surface area (Å²) in [5.74, 6) is 0.709. The zero-order valence-electron chi connectivity index (χ0n) is 15.6. The van der Waals surface area contributed by atoms with Gasteiger partial charge in [-0.3, -0.25) is 0 Å². The molecular weight excluding hydrogens is 391 g/mol. The first-order chi connectivity index (χ1) is 13.1. The molecule has 2 aromatic rings. The fourth-order valence-electron chi connectivity index (χ4n) is 3.12. The molecule has 0 saturated carbocycles. The molecular formula is C19H22F3N3O2S. The number of nitrogens with one attached hydrogen (secondary N) is 1. The van der Waals surface area contributed by atoms with Crippen molar-refractivity contribution in [3.05, 3.63) is 53.7 Å². The van der Waals surface area contributed by atoms with Crippen molar-refractivity contribution in [2.45, 2.75) is 43.3 Å². The molecule has 152 valence electrons. The van der Waals surface area contributed by atoms with Crippen LogP contribution in [0.15, 0.2) is 47.5 Å². The molecule has 2 heterocycles. The molecule has 0 radical (unpaired) electrons. The summed E-state index contributed by atoms with van der Waals surface area (Å²) < 4.78 is 65.8. The first-order valence-electron chi connectivity index (χ1n) is 8.97. The van der Waals surface area contributed by atoms with Gasteiger partial charge in [-0.05, 0) is 42.2 Å². The molecule has 1 unspecified atom stereocenters. The Balaban J connectivity index is 1.65. The van der Waals surface area contributed by atoms with Gasteiger partial charge in [0.2, 0.25) is 10.0 Å². The third kappa shape index (κ3) is 4.64. The van der Waals surface area contributed by atoms with E-state index in [0.29, 0.717) is 31.2 Å². The Bertz CT molecular complexity index is 911. The molecule has 5 nitrogen and oxygen atoms in total. The summed E-state index contributed by atoms with van der Waals surface area (Å²) in [5.41, 5.74) is 0.247. The molecule has 1 aromatic heterocycles. The van der Waals surface area contributed by atoms with Gasteiger partial charge in [0.25, 0.3) is 0 Å². The second kappa shape index (κ2) is 7.71. The highest BCUT2D eigenvalue weighted by Crippen LogP contribution is 2.30. The van der Waals surface area contributed by atoms with Crippen molar-refractivity contribution in [3.8, 4) is 0 Å². The molecule has 1 N–H and O–H groups in total. The Hall–Kier alpha value is -2.13. The van der Waals surface area contributed by atoms with Gasteiger partial charge < -0.3 is 4.90 Å². The third-order valence-electron chi connectivity index (χ3n) is 4.77. The predicted octanol–water partition coefficient (Wildman–Crippen LogP) is 3.78. The minimum Gasteiger partial charge on any atom is -0.355 e. The molecule has 0 spiro atoms. The van der Waals surface area contributed by atoms with E-state index in [1.54, 1.807) is 29.2 Å². The van der Waals surface area contributed by atoms with E-state index in [-0.39, 0.29) is 10.9 Å². The van der Waals surface area contributed by atoms with Gasteiger partial charge >= 0.3 is 6.18 Å². The molecule has 1 saturated heterocycles. The van der Waals surface area contributed by atoms with Crippen LogP contribution >= 0.6 is 0 Å². The highest BCUT2D eigenvalue weighted by Gasteiger charge is 2.32. The van der Waals surface area contributed by atoms with Crippen molar-refractivity contribution < 1.29 is 21.6 Å². The number of nitrogens with zero attached hydrogens (tertiary/aromatic N) is 2. The van der Waals surface area contributed by atoms with E-state index < -0.39 is 21.8 Å². The molecule has 1 atom stereocenters. The molecule has 1 aliphatic heterocycles. The van der Waals surface area contributed by atoms with Crippen LogP contribution in [0.1, 0.15) is 37.3 Å². The van der Waals surface area contributed by atoms with E-state index in [9.17, 15) is 21.6 Å². The summed E-state index contributed by atoms with van der Waals surface area (Å²) >= 11 is 0. The monoisotopic (exact) mass is 413 g/mol. The third-order valence-corrected chi connectivity index (χ3v) is 6.30. The van der Waals surface area contributed by atoms with Gasteiger partial charge in [-0.2, -0.15) is 13.2 Å². The molecule has 28 heavy (non-hydrogen) atoms. The van der Waals surface area contributed by atoms with E-state index in [0.717, 1.165) is 17.8 Å². The van der Waals surface area contributed by atoms with E-state index in [2.05, 4.69) is 9.71 Å². The molecule has 1 aromatic carbocycles. The number of hydrogen-bond acceptors (Lipinski definition) is 4. The number of anilines is 1. The van der Waals surface area contributed by atoms with Crippen molar-refractivity contribution in [2.24, 2.45) is 0 Å². The Morgan fingerprint density at radius 2 is 1.82 bits per heavy atom. The van der Waals surface area contributed by atoms with Gasteiger partial charge in [0.15, 0.2) is 0 Å². The number of sulfonamides is 1. The summed E-state index contributed by atoms with van der Waals surface area (Å²) in [4.78, 5) is 5.84. The Kier molecular flexibility index (Phi) is 5.67. The van der Waals surface area contributed by atoms with Gasteiger partial charge in [0.1, 0.15) is 5.82 Å². The zero-order valence-corrected chi connectivity index (χ0v) is 16.4. The number of hydrogen-bond donors (Lipinski definition) is 1. The average Bonchev–Trinajstić information content (AvgIpc) is 3.09. The van der Waals surface area contributed by atoms with Crippen LogP contribution < -0.4 is 9.62 Å². The number of halogens is 3. The fourth-order valence-corrected chi connectivity index (χ4v) is 4.39. The number of alkyl halides is 3. The molecule has 1 aliphatic rings. The maximum Gasteiger partial charge on any atom is 0.417 e. The van der Waals surface area contributed by atoms with Gasteiger partial charge in [0.05, 0.1) is 10.5 Å². The van der Waals surface area contributed by atoms with Gasteiger partial charge in [-0.1, -0.05) is 26.0 Å². The van der Waals surface area contributed by atoms with Gasteiger partial charge in [-0.15, -0.1) is 0 Å². The quantitative estimate of drug-likeness (QED) is 0.810. The van der Waals surface area contributed by atoms with Gasteiger partial charge in [0, 0.05) is 25.3 Å². The average molecular weight is 413 g/mol. The van der Waals surface area contributed by atoms with Crippen LogP contribution in [0.2, 0.25) is 0 Å². The molecule has 3 rings (SSSR count). The van der Waals surface area contributed by atoms with Crippen LogP contribution in [0.25, 0.3) is 0 Å².